The molecule has 0 saturated carbocycles. The minimum atomic E-state index is -3.95. The summed E-state index contributed by atoms with van der Waals surface area (Å²) >= 11 is 0. The first-order valence-corrected chi connectivity index (χ1v) is 8.80. The maximum atomic E-state index is 11.0. The molecule has 1 aromatic carbocycles. The minimum absolute atomic E-state index is 0.348. The molecule has 4 nitrogen and oxygen atoms in total. The fourth-order valence-corrected chi connectivity index (χ4v) is 2.60. The lowest BCUT2D eigenvalue weighted by Crippen LogP contribution is -2.19. The van der Waals surface area contributed by atoms with Crippen molar-refractivity contribution in [3.05, 3.63) is 29.8 Å². The lowest BCUT2D eigenvalue weighted by atomic mass is 10.0. The molecule has 1 rings (SSSR count). The molecule has 0 heterocycles. The maximum absolute atomic E-state index is 11.0. The second-order valence-corrected chi connectivity index (χ2v) is 6.21. The molecular formula is C15H25NO3S. The molecule has 114 valence electrons. The number of aryl methyl sites for hydroxylation is 1. The van der Waals surface area contributed by atoms with Crippen LogP contribution in [0.15, 0.2) is 24.3 Å². The van der Waals surface area contributed by atoms with E-state index in [4.69, 9.17) is 9.32 Å². The highest BCUT2D eigenvalue weighted by Gasteiger charge is 2.09. The van der Waals surface area contributed by atoms with Crippen molar-refractivity contribution in [2.75, 3.05) is 0 Å². The third-order valence-corrected chi connectivity index (χ3v) is 3.64. The Balaban J connectivity index is 2.36. The zero-order chi connectivity index (χ0) is 14.8. The number of para-hydroxylation sites is 1. The molecule has 0 bridgehead atoms. The second-order valence-electron chi connectivity index (χ2n) is 5.06. The molecule has 0 spiro atoms. The van der Waals surface area contributed by atoms with Crippen LogP contribution >= 0.6 is 0 Å². The van der Waals surface area contributed by atoms with Crippen molar-refractivity contribution in [1.29, 1.82) is 0 Å². The molecule has 2 N–H and O–H groups in total. The second kappa shape index (κ2) is 8.97. The zero-order valence-electron chi connectivity index (χ0n) is 12.2. The van der Waals surface area contributed by atoms with Crippen LogP contribution in [0.2, 0.25) is 0 Å². The molecule has 0 aromatic heterocycles. The SMILES string of the molecule is CCCCCCCCCc1ccccc1OS(N)(=O)=O. The molecule has 5 heteroatoms. The van der Waals surface area contributed by atoms with Crippen LogP contribution in [0.3, 0.4) is 0 Å². The summed E-state index contributed by atoms with van der Waals surface area (Å²) in [4.78, 5) is 0. The first kappa shape index (κ1) is 17.0. The van der Waals surface area contributed by atoms with Crippen LogP contribution < -0.4 is 9.32 Å². The van der Waals surface area contributed by atoms with Gasteiger partial charge in [0.15, 0.2) is 0 Å². The number of unbranched alkanes of at least 4 members (excludes halogenated alkanes) is 6. The lowest BCUT2D eigenvalue weighted by Gasteiger charge is -2.09. The van der Waals surface area contributed by atoms with Gasteiger partial charge in [-0.25, -0.2) is 0 Å². The number of hydrogen-bond acceptors (Lipinski definition) is 3. The largest absolute Gasteiger partial charge is 0.380 e. The van der Waals surface area contributed by atoms with Crippen molar-refractivity contribution in [3.63, 3.8) is 0 Å². The first-order chi connectivity index (χ1) is 9.53. The maximum Gasteiger partial charge on any atom is 0.380 e. The van der Waals surface area contributed by atoms with Crippen LogP contribution in [0, 0.1) is 0 Å². The summed E-state index contributed by atoms with van der Waals surface area (Å²) in [7, 11) is -3.95. The number of rotatable bonds is 10. The molecule has 0 unspecified atom stereocenters. The van der Waals surface area contributed by atoms with Crippen LogP contribution in [0.5, 0.6) is 5.75 Å². The topological polar surface area (TPSA) is 69.4 Å². The van der Waals surface area contributed by atoms with E-state index in [2.05, 4.69) is 6.92 Å². The van der Waals surface area contributed by atoms with Crippen LogP contribution in [-0.2, 0) is 16.7 Å². The van der Waals surface area contributed by atoms with Crippen molar-refractivity contribution < 1.29 is 12.6 Å². The number of hydrogen-bond donors (Lipinski definition) is 1. The molecule has 0 aliphatic heterocycles. The van der Waals surface area contributed by atoms with Gasteiger partial charge in [-0.3, -0.25) is 0 Å². The molecule has 0 aliphatic rings. The summed E-state index contributed by atoms with van der Waals surface area (Å²) in [6.45, 7) is 2.21. The van der Waals surface area contributed by atoms with E-state index < -0.39 is 10.3 Å². The fraction of sp³-hybridized carbons (Fsp3) is 0.600. The van der Waals surface area contributed by atoms with Gasteiger partial charge in [0.2, 0.25) is 0 Å². The van der Waals surface area contributed by atoms with Gasteiger partial charge in [-0.05, 0) is 24.5 Å². The Labute approximate surface area is 122 Å². The normalized spacial score (nSPS) is 11.5. The Morgan fingerprint density at radius 1 is 1.00 bits per heavy atom. The van der Waals surface area contributed by atoms with Crippen molar-refractivity contribution in [1.82, 2.24) is 0 Å². The molecule has 20 heavy (non-hydrogen) atoms. The van der Waals surface area contributed by atoms with Gasteiger partial charge in [0.05, 0.1) is 0 Å². The fourth-order valence-electron chi connectivity index (χ4n) is 2.19. The average molecular weight is 299 g/mol. The smallest absolute Gasteiger partial charge is 0.371 e. The van der Waals surface area contributed by atoms with Crippen molar-refractivity contribution in [2.24, 2.45) is 5.14 Å². The van der Waals surface area contributed by atoms with E-state index in [1.165, 1.54) is 32.1 Å². The van der Waals surface area contributed by atoms with E-state index in [1.54, 1.807) is 12.1 Å². The number of benzene rings is 1. The van der Waals surface area contributed by atoms with Crippen LogP contribution in [0.4, 0.5) is 0 Å². The van der Waals surface area contributed by atoms with Crippen LogP contribution in [0.25, 0.3) is 0 Å². The van der Waals surface area contributed by atoms with Gasteiger partial charge in [0.1, 0.15) is 5.75 Å². The molecule has 0 amide bonds. The van der Waals surface area contributed by atoms with E-state index in [0.29, 0.717) is 5.75 Å². The Morgan fingerprint density at radius 2 is 1.60 bits per heavy atom. The van der Waals surface area contributed by atoms with Gasteiger partial charge in [-0.15, -0.1) is 0 Å². The summed E-state index contributed by atoms with van der Waals surface area (Å²) in [5.74, 6) is 0.348. The lowest BCUT2D eigenvalue weighted by molar-refractivity contribution is 0.483. The summed E-state index contributed by atoms with van der Waals surface area (Å²) in [6, 6.07) is 7.15. The molecule has 0 radical (unpaired) electrons. The van der Waals surface area contributed by atoms with E-state index in [0.717, 1.165) is 24.8 Å². The van der Waals surface area contributed by atoms with Crippen molar-refractivity contribution >= 4 is 10.3 Å². The highest BCUT2D eigenvalue weighted by Crippen LogP contribution is 2.21. The molecule has 0 atom stereocenters. The van der Waals surface area contributed by atoms with Gasteiger partial charge >= 0.3 is 10.3 Å². The van der Waals surface area contributed by atoms with Crippen LogP contribution in [-0.4, -0.2) is 8.42 Å². The van der Waals surface area contributed by atoms with Gasteiger partial charge in [-0.1, -0.05) is 63.6 Å². The van der Waals surface area contributed by atoms with Crippen molar-refractivity contribution in [2.45, 2.75) is 58.3 Å². The quantitative estimate of drug-likeness (QED) is 0.671. The van der Waals surface area contributed by atoms with Crippen molar-refractivity contribution in [3.8, 4) is 5.75 Å². The average Bonchev–Trinajstić information content (AvgIpc) is 2.38. The Hall–Kier alpha value is -1.07. The third-order valence-electron chi connectivity index (χ3n) is 3.23. The highest BCUT2D eigenvalue weighted by atomic mass is 32.2. The van der Waals surface area contributed by atoms with Gasteiger partial charge in [-0.2, -0.15) is 13.6 Å². The Bertz CT molecular complexity index is 486. The molecule has 0 fully saturated rings. The predicted octanol–water partition coefficient (Wildman–Crippen LogP) is 3.56. The van der Waals surface area contributed by atoms with E-state index >= 15 is 0 Å². The zero-order valence-corrected chi connectivity index (χ0v) is 13.0. The summed E-state index contributed by atoms with van der Waals surface area (Å²) in [6.07, 6.45) is 9.41. The van der Waals surface area contributed by atoms with Crippen LogP contribution in [0.1, 0.15) is 57.4 Å². The van der Waals surface area contributed by atoms with Gasteiger partial charge in [0.25, 0.3) is 0 Å². The van der Waals surface area contributed by atoms with E-state index in [-0.39, 0.29) is 0 Å². The molecule has 0 aliphatic carbocycles. The molecule has 0 saturated heterocycles. The summed E-state index contributed by atoms with van der Waals surface area (Å²) in [5, 5.41) is 4.91. The molecular weight excluding hydrogens is 274 g/mol. The minimum Gasteiger partial charge on any atom is -0.371 e. The van der Waals surface area contributed by atoms with Gasteiger partial charge in [0, 0.05) is 0 Å². The summed E-state index contributed by atoms with van der Waals surface area (Å²) in [5.41, 5.74) is 0.898. The van der Waals surface area contributed by atoms with Gasteiger partial charge < -0.3 is 4.18 Å². The standard InChI is InChI=1S/C15H25NO3S/c1-2-3-4-5-6-7-8-11-14-12-9-10-13-15(14)19-20(16,17)18/h9-10,12-13H,2-8,11H2,1H3,(H2,16,17,18). The van der Waals surface area contributed by atoms with E-state index in [9.17, 15) is 8.42 Å². The monoisotopic (exact) mass is 299 g/mol. The highest BCUT2D eigenvalue weighted by molar-refractivity contribution is 7.84. The Morgan fingerprint density at radius 3 is 2.25 bits per heavy atom. The first-order valence-electron chi connectivity index (χ1n) is 7.33. The third kappa shape index (κ3) is 7.50. The Kier molecular flexibility index (Phi) is 7.62. The number of nitrogens with two attached hydrogens (primary N) is 1. The van der Waals surface area contributed by atoms with E-state index in [1.807, 2.05) is 12.1 Å². The molecule has 1 aromatic rings. The summed E-state index contributed by atoms with van der Waals surface area (Å²) < 4.78 is 26.8. The predicted molar refractivity (Wildman–Crippen MR) is 81.9 cm³/mol.